The molecule has 7 nitrogen and oxygen atoms in total. The lowest BCUT2D eigenvalue weighted by Gasteiger charge is -2.32. The van der Waals surface area contributed by atoms with Gasteiger partial charge in [-0.15, -0.1) is 0 Å². The zero-order valence-electron chi connectivity index (χ0n) is 19.5. The maximum absolute atomic E-state index is 12.8. The second-order valence-electron chi connectivity index (χ2n) is 9.49. The Hall–Kier alpha value is -3.35. The highest BCUT2D eigenvalue weighted by molar-refractivity contribution is 5.99. The lowest BCUT2D eigenvalue weighted by molar-refractivity contribution is -0.154. The second kappa shape index (κ2) is 10.1. The predicted molar refractivity (Wildman–Crippen MR) is 125 cm³/mol. The summed E-state index contributed by atoms with van der Waals surface area (Å²) in [5.74, 6) is -1.06. The van der Waals surface area contributed by atoms with Gasteiger partial charge in [-0.2, -0.15) is 0 Å². The number of nitrogens with two attached hydrogens (primary N) is 1. The molecule has 0 aliphatic carbocycles. The highest BCUT2D eigenvalue weighted by atomic mass is 16.6. The number of rotatable bonds is 6. The first-order valence-electron chi connectivity index (χ1n) is 11.3. The van der Waals surface area contributed by atoms with Crippen molar-refractivity contribution in [3.05, 3.63) is 64.7 Å². The van der Waals surface area contributed by atoms with Crippen molar-refractivity contribution in [1.82, 2.24) is 4.90 Å². The van der Waals surface area contributed by atoms with Crippen molar-refractivity contribution in [2.24, 2.45) is 5.73 Å². The number of aromatic hydroxyl groups is 1. The van der Waals surface area contributed by atoms with Gasteiger partial charge in [0.25, 0.3) is 11.8 Å². The van der Waals surface area contributed by atoms with Crippen LogP contribution in [0.1, 0.15) is 77.8 Å². The molecule has 2 amide bonds. The third-order valence-corrected chi connectivity index (χ3v) is 5.75. The summed E-state index contributed by atoms with van der Waals surface area (Å²) in [5, 5.41) is 9.96. The number of carbonyl (C=O) groups excluding carboxylic acids is 3. The lowest BCUT2D eigenvalue weighted by Crippen LogP contribution is -2.38. The number of piperidine rings is 1. The molecule has 0 bridgehead atoms. The number of carbonyl (C=O) groups is 3. The molecule has 1 saturated heterocycles. The number of aryl methyl sites for hydroxylation is 1. The van der Waals surface area contributed by atoms with E-state index < -0.39 is 11.5 Å². The van der Waals surface area contributed by atoms with Crippen LogP contribution in [0.15, 0.2) is 42.5 Å². The zero-order valence-corrected chi connectivity index (χ0v) is 19.5. The summed E-state index contributed by atoms with van der Waals surface area (Å²) in [4.78, 5) is 37.9. The highest BCUT2D eigenvalue weighted by Crippen LogP contribution is 2.30. The molecule has 0 radical (unpaired) electrons. The van der Waals surface area contributed by atoms with Crippen LogP contribution in [0, 0.1) is 0 Å². The number of hydrogen-bond donors (Lipinski definition) is 2. The minimum atomic E-state index is -0.736. The van der Waals surface area contributed by atoms with E-state index in [1.807, 2.05) is 32.9 Å². The SMILES string of the molecule is CC(C)(C)OC(=O)CCc1cccc(C2CCN(C(=O)c3ccc(C(N)=O)c(O)c3)CC2)c1. The molecule has 0 spiro atoms. The van der Waals surface area contributed by atoms with E-state index in [-0.39, 0.29) is 23.2 Å². The van der Waals surface area contributed by atoms with E-state index in [1.165, 1.54) is 23.8 Å². The van der Waals surface area contributed by atoms with Crippen molar-refractivity contribution < 1.29 is 24.2 Å². The molecular formula is C26H32N2O5. The van der Waals surface area contributed by atoms with Gasteiger partial charge in [-0.1, -0.05) is 24.3 Å². The zero-order chi connectivity index (χ0) is 24.2. The van der Waals surface area contributed by atoms with Gasteiger partial charge in [0.2, 0.25) is 0 Å². The summed E-state index contributed by atoms with van der Waals surface area (Å²) < 4.78 is 5.39. The van der Waals surface area contributed by atoms with E-state index in [0.29, 0.717) is 37.4 Å². The third-order valence-electron chi connectivity index (χ3n) is 5.75. The molecule has 3 N–H and O–H groups in total. The molecule has 2 aromatic rings. The van der Waals surface area contributed by atoms with E-state index in [9.17, 15) is 19.5 Å². The van der Waals surface area contributed by atoms with Gasteiger partial charge in [0.1, 0.15) is 11.4 Å². The summed E-state index contributed by atoms with van der Waals surface area (Å²) in [7, 11) is 0. The van der Waals surface area contributed by atoms with Crippen LogP contribution in [-0.2, 0) is 16.0 Å². The van der Waals surface area contributed by atoms with Crippen molar-refractivity contribution in [3.8, 4) is 5.75 Å². The van der Waals surface area contributed by atoms with Crippen LogP contribution in [0.2, 0.25) is 0 Å². The summed E-state index contributed by atoms with van der Waals surface area (Å²) in [5.41, 5.74) is 7.37. The first-order chi connectivity index (χ1) is 15.5. The van der Waals surface area contributed by atoms with E-state index in [1.54, 1.807) is 4.90 Å². The van der Waals surface area contributed by atoms with Crippen LogP contribution >= 0.6 is 0 Å². The standard InChI is InChI=1S/C26H32N2O5/c1-26(2,3)33-23(30)10-7-17-5-4-6-19(15-17)18-11-13-28(14-12-18)25(32)20-8-9-21(24(27)31)22(29)16-20/h4-6,8-9,15-16,18,29H,7,10-14H2,1-3H3,(H2,27,31). The van der Waals surface area contributed by atoms with Crippen LogP contribution in [0.3, 0.4) is 0 Å². The van der Waals surface area contributed by atoms with E-state index in [0.717, 1.165) is 18.4 Å². The second-order valence-corrected chi connectivity index (χ2v) is 9.49. The largest absolute Gasteiger partial charge is 0.507 e. The Labute approximate surface area is 194 Å². The number of primary amides is 1. The number of benzene rings is 2. The molecule has 1 aliphatic rings. The van der Waals surface area contributed by atoms with Gasteiger partial charge in [0.05, 0.1) is 5.56 Å². The number of esters is 1. The Kier molecular flexibility index (Phi) is 7.41. The number of ether oxygens (including phenoxy) is 1. The first kappa shape index (κ1) is 24.3. The Morgan fingerprint density at radius 1 is 1.09 bits per heavy atom. The molecule has 1 fully saturated rings. The Morgan fingerprint density at radius 2 is 1.79 bits per heavy atom. The lowest BCUT2D eigenvalue weighted by atomic mass is 9.88. The molecule has 7 heteroatoms. The Morgan fingerprint density at radius 3 is 2.39 bits per heavy atom. The molecule has 0 atom stereocenters. The number of amides is 2. The number of phenols is 1. The van der Waals surface area contributed by atoms with Gasteiger partial charge in [0.15, 0.2) is 0 Å². The molecule has 0 aromatic heterocycles. The van der Waals surface area contributed by atoms with E-state index >= 15 is 0 Å². The van der Waals surface area contributed by atoms with Gasteiger partial charge >= 0.3 is 5.97 Å². The molecule has 176 valence electrons. The fourth-order valence-corrected chi connectivity index (χ4v) is 4.11. The van der Waals surface area contributed by atoms with Crippen LogP contribution in [0.4, 0.5) is 0 Å². The third kappa shape index (κ3) is 6.57. The van der Waals surface area contributed by atoms with Crippen molar-refractivity contribution in [2.75, 3.05) is 13.1 Å². The molecule has 2 aromatic carbocycles. The maximum Gasteiger partial charge on any atom is 0.306 e. The average molecular weight is 453 g/mol. The monoisotopic (exact) mass is 452 g/mol. The van der Waals surface area contributed by atoms with Crippen molar-refractivity contribution in [3.63, 3.8) is 0 Å². The van der Waals surface area contributed by atoms with Crippen molar-refractivity contribution in [1.29, 1.82) is 0 Å². The summed E-state index contributed by atoms with van der Waals surface area (Å²) >= 11 is 0. The van der Waals surface area contributed by atoms with Crippen LogP contribution in [-0.4, -0.2) is 46.5 Å². The van der Waals surface area contributed by atoms with Gasteiger partial charge in [-0.3, -0.25) is 14.4 Å². The van der Waals surface area contributed by atoms with Crippen molar-refractivity contribution >= 4 is 17.8 Å². The summed E-state index contributed by atoms with van der Waals surface area (Å²) in [6.45, 7) is 6.79. The van der Waals surface area contributed by atoms with Crippen LogP contribution in [0.5, 0.6) is 5.75 Å². The molecule has 3 rings (SSSR count). The maximum atomic E-state index is 12.8. The minimum Gasteiger partial charge on any atom is -0.507 e. The van der Waals surface area contributed by atoms with Gasteiger partial charge < -0.3 is 20.5 Å². The van der Waals surface area contributed by atoms with E-state index in [2.05, 4.69) is 12.1 Å². The van der Waals surface area contributed by atoms with Gasteiger partial charge in [0, 0.05) is 25.1 Å². The van der Waals surface area contributed by atoms with Crippen molar-refractivity contribution in [2.45, 2.75) is 58.0 Å². The molecule has 0 unspecified atom stereocenters. The number of nitrogens with zero attached hydrogens (tertiary/aromatic N) is 1. The Balaban J connectivity index is 1.57. The van der Waals surface area contributed by atoms with Gasteiger partial charge in [-0.05, 0) is 75.3 Å². The van der Waals surface area contributed by atoms with E-state index in [4.69, 9.17) is 10.5 Å². The topological polar surface area (TPSA) is 110 Å². The Bertz CT molecular complexity index is 1030. The molecule has 1 heterocycles. The average Bonchev–Trinajstić information content (AvgIpc) is 2.76. The quantitative estimate of drug-likeness (QED) is 0.648. The molecule has 0 saturated carbocycles. The van der Waals surface area contributed by atoms with Crippen LogP contribution < -0.4 is 5.73 Å². The number of likely N-dealkylation sites (tertiary alicyclic amines) is 1. The highest BCUT2D eigenvalue weighted by Gasteiger charge is 2.25. The van der Waals surface area contributed by atoms with Gasteiger partial charge in [-0.25, -0.2) is 0 Å². The van der Waals surface area contributed by atoms with Crippen LogP contribution in [0.25, 0.3) is 0 Å². The molecule has 33 heavy (non-hydrogen) atoms. The normalized spacial score (nSPS) is 14.7. The predicted octanol–water partition coefficient (Wildman–Crippen LogP) is 3.79. The fraction of sp³-hybridized carbons (Fsp3) is 0.423. The fourth-order valence-electron chi connectivity index (χ4n) is 4.11. The smallest absolute Gasteiger partial charge is 0.306 e. The first-order valence-corrected chi connectivity index (χ1v) is 11.3. The molecular weight excluding hydrogens is 420 g/mol. The summed E-state index contributed by atoms with van der Waals surface area (Å²) in [6.07, 6.45) is 2.62. The summed E-state index contributed by atoms with van der Waals surface area (Å²) in [6, 6.07) is 12.5. The number of hydrogen-bond acceptors (Lipinski definition) is 5. The minimum absolute atomic E-state index is 0.00295. The molecule has 1 aliphatic heterocycles.